The highest BCUT2D eigenvalue weighted by atomic mass is 16.5. The van der Waals surface area contributed by atoms with Gasteiger partial charge in [0.05, 0.1) is 23.6 Å². The molecule has 1 aromatic carbocycles. The molecule has 6 nitrogen and oxygen atoms in total. The molecule has 0 N–H and O–H groups in total. The van der Waals surface area contributed by atoms with Gasteiger partial charge < -0.3 is 4.74 Å². The van der Waals surface area contributed by atoms with Crippen LogP contribution < -0.4 is 0 Å². The lowest BCUT2D eigenvalue weighted by atomic mass is 10.2. The lowest BCUT2D eigenvalue weighted by Gasteiger charge is -2.09. The molecule has 0 fully saturated rings. The minimum atomic E-state index is -0.412. The number of carbonyl (C=O) groups excluding carboxylic acids is 2. The van der Waals surface area contributed by atoms with Crippen LogP contribution in [0, 0.1) is 0 Å². The zero-order valence-corrected chi connectivity index (χ0v) is 10.6. The third-order valence-corrected chi connectivity index (χ3v) is 2.37. The molecule has 19 heavy (non-hydrogen) atoms. The minimum absolute atomic E-state index is 0.187. The summed E-state index contributed by atoms with van der Waals surface area (Å²) in [5.74, 6) is -0.412. The number of esters is 1. The van der Waals surface area contributed by atoms with Gasteiger partial charge in [0, 0.05) is 0 Å². The number of rotatable bonds is 4. The summed E-state index contributed by atoms with van der Waals surface area (Å²) in [4.78, 5) is 22.6. The molecule has 0 radical (unpaired) electrons. The summed E-state index contributed by atoms with van der Waals surface area (Å²) >= 11 is 0. The molecule has 0 bridgehead atoms. The smallest absolute Gasteiger partial charge is 0.338 e. The van der Waals surface area contributed by atoms with Crippen molar-refractivity contribution in [3.8, 4) is 5.69 Å². The van der Waals surface area contributed by atoms with E-state index in [1.54, 1.807) is 38.1 Å². The molecule has 98 valence electrons. The van der Waals surface area contributed by atoms with E-state index in [2.05, 4.69) is 10.3 Å². The van der Waals surface area contributed by atoms with Gasteiger partial charge in [-0.05, 0) is 32.0 Å². The van der Waals surface area contributed by atoms with Crippen LogP contribution in [0.4, 0.5) is 0 Å². The number of hydrogen-bond acceptors (Lipinski definition) is 5. The highest BCUT2D eigenvalue weighted by Gasteiger charge is 2.11. The SMILES string of the molecule is CC(C)OC(=O)c1cccc(-n2nncc2C=O)c1. The topological polar surface area (TPSA) is 74.1 Å². The van der Waals surface area contributed by atoms with Crippen LogP contribution in [-0.4, -0.2) is 33.4 Å². The second kappa shape index (κ2) is 5.43. The van der Waals surface area contributed by atoms with Crippen molar-refractivity contribution in [1.82, 2.24) is 15.0 Å². The first-order chi connectivity index (χ1) is 9.11. The molecule has 0 aliphatic heterocycles. The van der Waals surface area contributed by atoms with Crippen LogP contribution in [0.2, 0.25) is 0 Å². The lowest BCUT2D eigenvalue weighted by Crippen LogP contribution is -2.12. The fraction of sp³-hybridized carbons (Fsp3) is 0.231. The molecule has 0 unspecified atom stereocenters. The average molecular weight is 259 g/mol. The fourth-order valence-electron chi connectivity index (χ4n) is 1.57. The van der Waals surface area contributed by atoms with Gasteiger partial charge in [-0.1, -0.05) is 11.3 Å². The Hall–Kier alpha value is -2.50. The summed E-state index contributed by atoms with van der Waals surface area (Å²) in [6.45, 7) is 3.56. The van der Waals surface area contributed by atoms with Gasteiger partial charge in [0.15, 0.2) is 6.29 Å². The van der Waals surface area contributed by atoms with Crippen LogP contribution >= 0.6 is 0 Å². The van der Waals surface area contributed by atoms with E-state index in [1.165, 1.54) is 10.9 Å². The van der Waals surface area contributed by atoms with Crippen molar-refractivity contribution in [2.45, 2.75) is 20.0 Å². The molecule has 1 heterocycles. The van der Waals surface area contributed by atoms with E-state index >= 15 is 0 Å². The summed E-state index contributed by atoms with van der Waals surface area (Å²) < 4.78 is 6.47. The van der Waals surface area contributed by atoms with Crippen LogP contribution in [-0.2, 0) is 4.74 Å². The molecular weight excluding hydrogens is 246 g/mol. The zero-order chi connectivity index (χ0) is 13.8. The van der Waals surface area contributed by atoms with Gasteiger partial charge in [-0.2, -0.15) is 0 Å². The van der Waals surface area contributed by atoms with Crippen LogP contribution in [0.1, 0.15) is 34.7 Å². The highest BCUT2D eigenvalue weighted by molar-refractivity contribution is 5.90. The first-order valence-corrected chi connectivity index (χ1v) is 5.79. The first kappa shape index (κ1) is 12.9. The first-order valence-electron chi connectivity index (χ1n) is 5.79. The normalized spacial score (nSPS) is 10.5. The Bertz CT molecular complexity index is 605. The molecular formula is C13H13N3O3. The molecule has 0 spiro atoms. The molecule has 2 aromatic rings. The maximum absolute atomic E-state index is 11.8. The Morgan fingerprint density at radius 3 is 2.89 bits per heavy atom. The number of hydrogen-bond donors (Lipinski definition) is 0. The van der Waals surface area contributed by atoms with E-state index in [9.17, 15) is 9.59 Å². The van der Waals surface area contributed by atoms with Crippen LogP contribution in [0.25, 0.3) is 5.69 Å². The Labute approximate surface area is 110 Å². The van der Waals surface area contributed by atoms with Crippen molar-refractivity contribution in [2.24, 2.45) is 0 Å². The maximum atomic E-state index is 11.8. The zero-order valence-electron chi connectivity index (χ0n) is 10.6. The van der Waals surface area contributed by atoms with Crippen molar-refractivity contribution in [2.75, 3.05) is 0 Å². The second-order valence-corrected chi connectivity index (χ2v) is 4.19. The highest BCUT2D eigenvalue weighted by Crippen LogP contribution is 2.12. The standard InChI is InChI=1S/C13H13N3O3/c1-9(2)19-13(18)10-4-3-5-11(6-10)16-12(8-17)7-14-15-16/h3-9H,1-2H3. The van der Waals surface area contributed by atoms with Gasteiger partial charge in [0.25, 0.3) is 0 Å². The fourth-order valence-corrected chi connectivity index (χ4v) is 1.57. The molecule has 6 heteroatoms. The average Bonchev–Trinajstić information content (AvgIpc) is 2.86. The van der Waals surface area contributed by atoms with E-state index in [-0.39, 0.29) is 6.10 Å². The van der Waals surface area contributed by atoms with Crippen molar-refractivity contribution >= 4 is 12.3 Å². The van der Waals surface area contributed by atoms with Crippen molar-refractivity contribution in [3.63, 3.8) is 0 Å². The van der Waals surface area contributed by atoms with Gasteiger partial charge in [0.2, 0.25) is 0 Å². The molecule has 0 saturated heterocycles. The van der Waals surface area contributed by atoms with Crippen molar-refractivity contribution in [3.05, 3.63) is 41.7 Å². The Balaban J connectivity index is 2.34. The van der Waals surface area contributed by atoms with Crippen molar-refractivity contribution in [1.29, 1.82) is 0 Å². The van der Waals surface area contributed by atoms with E-state index < -0.39 is 5.97 Å². The molecule has 1 aromatic heterocycles. The summed E-state index contributed by atoms with van der Waals surface area (Å²) in [7, 11) is 0. The number of carbonyl (C=O) groups is 2. The lowest BCUT2D eigenvalue weighted by molar-refractivity contribution is 0.0378. The van der Waals surface area contributed by atoms with E-state index in [0.717, 1.165) is 0 Å². The Morgan fingerprint density at radius 1 is 1.42 bits per heavy atom. The molecule has 0 atom stereocenters. The predicted molar refractivity (Wildman–Crippen MR) is 67.3 cm³/mol. The second-order valence-electron chi connectivity index (χ2n) is 4.19. The molecule has 2 rings (SSSR count). The minimum Gasteiger partial charge on any atom is -0.459 e. The maximum Gasteiger partial charge on any atom is 0.338 e. The van der Waals surface area contributed by atoms with Crippen LogP contribution in [0.5, 0.6) is 0 Å². The van der Waals surface area contributed by atoms with Gasteiger partial charge in [-0.25, -0.2) is 9.48 Å². The van der Waals surface area contributed by atoms with Gasteiger partial charge in [0.1, 0.15) is 5.69 Å². The summed E-state index contributed by atoms with van der Waals surface area (Å²) in [6.07, 6.45) is 1.82. The van der Waals surface area contributed by atoms with Crippen LogP contribution in [0.15, 0.2) is 30.5 Å². The third-order valence-electron chi connectivity index (χ3n) is 2.37. The molecule has 0 aliphatic rings. The number of aromatic nitrogens is 3. The summed E-state index contributed by atoms with van der Waals surface area (Å²) in [6, 6.07) is 6.68. The third kappa shape index (κ3) is 2.85. The Morgan fingerprint density at radius 2 is 2.21 bits per heavy atom. The number of benzene rings is 1. The largest absolute Gasteiger partial charge is 0.459 e. The van der Waals surface area contributed by atoms with Gasteiger partial charge in [-0.15, -0.1) is 5.10 Å². The molecule has 0 aliphatic carbocycles. The summed E-state index contributed by atoms with van der Waals surface area (Å²) in [5, 5.41) is 7.46. The molecule has 0 amide bonds. The van der Waals surface area contributed by atoms with Gasteiger partial charge in [-0.3, -0.25) is 4.79 Å². The number of ether oxygens (including phenoxy) is 1. The monoisotopic (exact) mass is 259 g/mol. The van der Waals surface area contributed by atoms with Crippen LogP contribution in [0.3, 0.4) is 0 Å². The predicted octanol–water partition coefficient (Wildman–Crippen LogP) is 1.64. The van der Waals surface area contributed by atoms with E-state index in [0.29, 0.717) is 23.2 Å². The Kier molecular flexibility index (Phi) is 3.70. The van der Waals surface area contributed by atoms with Crippen molar-refractivity contribution < 1.29 is 14.3 Å². The number of aldehydes is 1. The quantitative estimate of drug-likeness (QED) is 0.616. The van der Waals surface area contributed by atoms with E-state index in [4.69, 9.17) is 4.74 Å². The molecule has 0 saturated carbocycles. The van der Waals surface area contributed by atoms with Gasteiger partial charge >= 0.3 is 5.97 Å². The summed E-state index contributed by atoms with van der Waals surface area (Å²) in [5.41, 5.74) is 1.30. The van der Waals surface area contributed by atoms with E-state index in [1.807, 2.05) is 0 Å². The number of nitrogens with zero attached hydrogens (tertiary/aromatic N) is 3.